The second-order valence-corrected chi connectivity index (χ2v) is 5.80. The molecule has 25 heavy (non-hydrogen) atoms. The van der Waals surface area contributed by atoms with Gasteiger partial charge in [0.2, 0.25) is 5.95 Å². The number of rotatable bonds is 6. The fourth-order valence-electron chi connectivity index (χ4n) is 1.75. The molecule has 0 spiro atoms. The van der Waals surface area contributed by atoms with Gasteiger partial charge in [0, 0.05) is 22.4 Å². The second-order valence-electron chi connectivity index (χ2n) is 4.89. The quantitative estimate of drug-likeness (QED) is 0.703. The van der Waals surface area contributed by atoms with Crippen LogP contribution in [-0.4, -0.2) is 40.4 Å². The van der Waals surface area contributed by atoms with E-state index in [1.807, 2.05) is 0 Å². The van der Waals surface area contributed by atoms with Crippen LogP contribution < -0.4 is 10.6 Å². The lowest BCUT2D eigenvalue weighted by atomic mass is 10.2. The van der Waals surface area contributed by atoms with Gasteiger partial charge in [0.25, 0.3) is 11.8 Å². The molecule has 1 aromatic heterocycles. The molecule has 0 aliphatic heterocycles. The number of aromatic nitrogens is 2. The summed E-state index contributed by atoms with van der Waals surface area (Å²) >= 11 is 3.26. The van der Waals surface area contributed by atoms with Gasteiger partial charge in [-0.05, 0) is 31.2 Å². The summed E-state index contributed by atoms with van der Waals surface area (Å²) in [5.74, 6) is -1.62. The Kier molecular flexibility index (Phi) is 6.58. The minimum absolute atomic E-state index is 0.110. The van der Waals surface area contributed by atoms with E-state index in [1.54, 1.807) is 30.3 Å². The summed E-state index contributed by atoms with van der Waals surface area (Å²) in [6.45, 7) is 1.05. The van der Waals surface area contributed by atoms with Gasteiger partial charge in [-0.1, -0.05) is 22.0 Å². The van der Waals surface area contributed by atoms with Crippen LogP contribution in [0.15, 0.2) is 47.2 Å². The number of hydrogen-bond acceptors (Lipinski definition) is 6. The molecule has 0 saturated carbocycles. The smallest absolute Gasteiger partial charge is 0.326 e. The highest BCUT2D eigenvalue weighted by atomic mass is 79.9. The van der Waals surface area contributed by atoms with Crippen LogP contribution in [-0.2, 0) is 14.3 Å². The van der Waals surface area contributed by atoms with Crippen molar-refractivity contribution in [2.24, 2.45) is 0 Å². The molecule has 9 heteroatoms. The SMILES string of the molecule is CC(OC(=O)CNC(=O)c1cccc(Br)c1)C(=O)Nc1ncccn1. The molecule has 0 aliphatic rings. The lowest BCUT2D eigenvalue weighted by Gasteiger charge is -2.13. The van der Waals surface area contributed by atoms with Crippen molar-refractivity contribution in [2.75, 3.05) is 11.9 Å². The number of nitrogens with zero attached hydrogens (tertiary/aromatic N) is 2. The van der Waals surface area contributed by atoms with E-state index in [0.717, 1.165) is 4.47 Å². The van der Waals surface area contributed by atoms with E-state index in [2.05, 4.69) is 36.5 Å². The zero-order valence-electron chi connectivity index (χ0n) is 13.2. The van der Waals surface area contributed by atoms with Gasteiger partial charge in [-0.15, -0.1) is 0 Å². The maximum Gasteiger partial charge on any atom is 0.326 e. The number of esters is 1. The Morgan fingerprint density at radius 2 is 1.92 bits per heavy atom. The third-order valence-electron chi connectivity index (χ3n) is 2.96. The first kappa shape index (κ1) is 18.5. The molecule has 130 valence electrons. The maximum absolute atomic E-state index is 11.9. The molecule has 0 saturated heterocycles. The van der Waals surface area contributed by atoms with Crippen LogP contribution in [0.5, 0.6) is 0 Å². The molecule has 0 fully saturated rings. The Morgan fingerprint density at radius 3 is 2.60 bits per heavy atom. The van der Waals surface area contributed by atoms with Crippen LogP contribution in [0, 0.1) is 0 Å². The number of carbonyl (C=O) groups excluding carboxylic acids is 3. The lowest BCUT2D eigenvalue weighted by molar-refractivity contribution is -0.152. The van der Waals surface area contributed by atoms with E-state index in [9.17, 15) is 14.4 Å². The molecule has 0 aliphatic carbocycles. The van der Waals surface area contributed by atoms with Crippen molar-refractivity contribution in [1.82, 2.24) is 15.3 Å². The Hall–Kier alpha value is -2.81. The van der Waals surface area contributed by atoms with Gasteiger partial charge in [-0.3, -0.25) is 19.7 Å². The average Bonchev–Trinajstić information content (AvgIpc) is 2.60. The van der Waals surface area contributed by atoms with Crippen LogP contribution in [0.25, 0.3) is 0 Å². The van der Waals surface area contributed by atoms with Gasteiger partial charge in [-0.25, -0.2) is 9.97 Å². The van der Waals surface area contributed by atoms with E-state index in [1.165, 1.54) is 19.3 Å². The number of benzene rings is 1. The summed E-state index contributed by atoms with van der Waals surface area (Å²) in [5, 5.41) is 4.84. The van der Waals surface area contributed by atoms with Gasteiger partial charge in [0.05, 0.1) is 0 Å². The van der Waals surface area contributed by atoms with Crippen molar-refractivity contribution < 1.29 is 19.1 Å². The summed E-state index contributed by atoms with van der Waals surface area (Å²) < 4.78 is 5.71. The van der Waals surface area contributed by atoms with Gasteiger partial charge < -0.3 is 10.1 Å². The molecule has 2 aromatic rings. The summed E-state index contributed by atoms with van der Waals surface area (Å²) in [6, 6.07) is 8.32. The molecule has 2 rings (SSSR count). The number of ether oxygens (including phenoxy) is 1. The number of hydrogen-bond donors (Lipinski definition) is 2. The van der Waals surface area contributed by atoms with Crippen molar-refractivity contribution in [1.29, 1.82) is 0 Å². The van der Waals surface area contributed by atoms with Gasteiger partial charge in [0.1, 0.15) is 6.54 Å². The van der Waals surface area contributed by atoms with E-state index >= 15 is 0 Å². The minimum atomic E-state index is -1.06. The van der Waals surface area contributed by atoms with E-state index in [4.69, 9.17) is 4.74 Å². The molecule has 0 bridgehead atoms. The summed E-state index contributed by atoms with van der Waals surface area (Å²) in [4.78, 5) is 43.2. The van der Waals surface area contributed by atoms with Crippen LogP contribution in [0.1, 0.15) is 17.3 Å². The van der Waals surface area contributed by atoms with Crippen molar-refractivity contribution in [2.45, 2.75) is 13.0 Å². The number of anilines is 1. The molecular formula is C16H15BrN4O4. The number of nitrogens with one attached hydrogen (secondary N) is 2. The predicted octanol–water partition coefficient (Wildman–Crippen LogP) is 1.54. The molecule has 1 aromatic carbocycles. The van der Waals surface area contributed by atoms with Crippen LogP contribution in [0.4, 0.5) is 5.95 Å². The standard InChI is InChI=1S/C16H15BrN4O4/c1-10(14(23)21-16-18-6-3-7-19-16)25-13(22)9-20-15(24)11-4-2-5-12(17)8-11/h2-8,10H,9H2,1H3,(H,20,24)(H,18,19,21,23). The molecule has 1 atom stereocenters. The Labute approximate surface area is 152 Å². The topological polar surface area (TPSA) is 110 Å². The first-order valence-electron chi connectivity index (χ1n) is 7.27. The highest BCUT2D eigenvalue weighted by molar-refractivity contribution is 9.10. The van der Waals surface area contributed by atoms with Crippen molar-refractivity contribution in [3.8, 4) is 0 Å². The zero-order chi connectivity index (χ0) is 18.2. The summed E-state index contributed by atoms with van der Waals surface area (Å²) in [5.41, 5.74) is 0.397. The Morgan fingerprint density at radius 1 is 1.20 bits per heavy atom. The highest BCUT2D eigenvalue weighted by Crippen LogP contribution is 2.11. The van der Waals surface area contributed by atoms with E-state index < -0.39 is 23.9 Å². The third-order valence-corrected chi connectivity index (χ3v) is 3.45. The fourth-order valence-corrected chi connectivity index (χ4v) is 2.15. The van der Waals surface area contributed by atoms with E-state index in [0.29, 0.717) is 5.56 Å². The van der Waals surface area contributed by atoms with Crippen LogP contribution >= 0.6 is 15.9 Å². The molecular weight excluding hydrogens is 392 g/mol. The largest absolute Gasteiger partial charge is 0.451 e. The van der Waals surface area contributed by atoms with Crippen molar-refractivity contribution in [3.63, 3.8) is 0 Å². The summed E-state index contributed by atoms with van der Waals surface area (Å²) in [7, 11) is 0. The van der Waals surface area contributed by atoms with Gasteiger partial charge in [-0.2, -0.15) is 0 Å². The van der Waals surface area contributed by atoms with Crippen molar-refractivity contribution in [3.05, 3.63) is 52.8 Å². The van der Waals surface area contributed by atoms with Gasteiger partial charge >= 0.3 is 5.97 Å². The molecule has 8 nitrogen and oxygen atoms in total. The normalized spacial score (nSPS) is 11.3. The lowest BCUT2D eigenvalue weighted by Crippen LogP contribution is -2.36. The predicted molar refractivity (Wildman–Crippen MR) is 92.7 cm³/mol. The fraction of sp³-hybridized carbons (Fsp3) is 0.188. The monoisotopic (exact) mass is 406 g/mol. The molecule has 2 amide bonds. The molecule has 1 heterocycles. The third kappa shape index (κ3) is 5.96. The highest BCUT2D eigenvalue weighted by Gasteiger charge is 2.19. The average molecular weight is 407 g/mol. The first-order valence-corrected chi connectivity index (χ1v) is 8.06. The Balaban J connectivity index is 1.79. The minimum Gasteiger partial charge on any atom is -0.451 e. The molecule has 1 unspecified atom stereocenters. The maximum atomic E-state index is 11.9. The van der Waals surface area contributed by atoms with Gasteiger partial charge in [0.15, 0.2) is 6.10 Å². The number of halogens is 1. The first-order chi connectivity index (χ1) is 12.0. The zero-order valence-corrected chi connectivity index (χ0v) is 14.8. The second kappa shape index (κ2) is 8.88. The van der Waals surface area contributed by atoms with E-state index in [-0.39, 0.29) is 12.5 Å². The Bertz CT molecular complexity index is 770. The molecule has 2 N–H and O–H groups in total. The number of carbonyl (C=O) groups is 3. The number of amides is 2. The van der Waals surface area contributed by atoms with Crippen LogP contribution in [0.2, 0.25) is 0 Å². The summed E-state index contributed by atoms with van der Waals surface area (Å²) in [6.07, 6.45) is 1.88. The van der Waals surface area contributed by atoms with Crippen LogP contribution in [0.3, 0.4) is 0 Å². The van der Waals surface area contributed by atoms with Crippen molar-refractivity contribution >= 4 is 39.7 Å². The molecule has 0 radical (unpaired) electrons.